The first-order chi connectivity index (χ1) is 14.1. The maximum absolute atomic E-state index is 14.0. The van der Waals surface area contributed by atoms with E-state index in [0.29, 0.717) is 38.4 Å². The van der Waals surface area contributed by atoms with Crippen LogP contribution in [0.3, 0.4) is 0 Å². The van der Waals surface area contributed by atoms with Gasteiger partial charge in [0, 0.05) is 44.8 Å². The molecule has 2 heterocycles. The summed E-state index contributed by atoms with van der Waals surface area (Å²) in [6, 6.07) is 14.7. The van der Waals surface area contributed by atoms with Gasteiger partial charge in [-0.15, -0.1) is 0 Å². The number of anilines is 2. The maximum atomic E-state index is 14.0. The summed E-state index contributed by atoms with van der Waals surface area (Å²) in [6.07, 6.45) is 1.16. The van der Waals surface area contributed by atoms with Crippen LogP contribution in [0.15, 0.2) is 48.5 Å². The fourth-order valence-corrected chi connectivity index (χ4v) is 4.20. The van der Waals surface area contributed by atoms with Gasteiger partial charge in [-0.1, -0.05) is 31.2 Å². The van der Waals surface area contributed by atoms with E-state index < -0.39 is 0 Å². The van der Waals surface area contributed by atoms with Crippen LogP contribution < -0.4 is 9.80 Å². The molecule has 2 aromatic carbocycles. The van der Waals surface area contributed by atoms with Gasteiger partial charge in [0.15, 0.2) is 0 Å². The first-order valence-electron chi connectivity index (χ1n) is 10.2. The highest BCUT2D eigenvalue weighted by molar-refractivity contribution is 6.00. The molecule has 2 aromatic rings. The van der Waals surface area contributed by atoms with Gasteiger partial charge in [0.05, 0.1) is 11.6 Å². The summed E-state index contributed by atoms with van der Waals surface area (Å²) in [4.78, 5) is 31.1. The number of hydrogen-bond donors (Lipinski definition) is 0. The minimum absolute atomic E-state index is 0.00148. The van der Waals surface area contributed by atoms with Crippen molar-refractivity contribution in [2.75, 3.05) is 42.5 Å². The van der Waals surface area contributed by atoms with Gasteiger partial charge in [0.1, 0.15) is 5.82 Å². The summed E-state index contributed by atoms with van der Waals surface area (Å²) in [5.74, 6) is -0.520. The molecule has 2 fully saturated rings. The molecule has 4 rings (SSSR count). The zero-order valence-electron chi connectivity index (χ0n) is 16.7. The van der Waals surface area contributed by atoms with E-state index in [1.807, 2.05) is 40.1 Å². The highest BCUT2D eigenvalue weighted by Gasteiger charge is 2.38. The molecule has 0 aliphatic carbocycles. The molecule has 29 heavy (non-hydrogen) atoms. The van der Waals surface area contributed by atoms with E-state index in [9.17, 15) is 14.0 Å². The van der Waals surface area contributed by atoms with Crippen LogP contribution in [0.4, 0.5) is 15.8 Å². The molecule has 2 saturated heterocycles. The van der Waals surface area contributed by atoms with Crippen molar-refractivity contribution in [1.29, 1.82) is 0 Å². The predicted molar refractivity (Wildman–Crippen MR) is 111 cm³/mol. The lowest BCUT2D eigenvalue weighted by atomic mass is 10.1. The van der Waals surface area contributed by atoms with Gasteiger partial charge in [-0.2, -0.15) is 0 Å². The van der Waals surface area contributed by atoms with Gasteiger partial charge in [-0.3, -0.25) is 9.59 Å². The van der Waals surface area contributed by atoms with Crippen LogP contribution in [-0.2, 0) is 16.0 Å². The zero-order valence-corrected chi connectivity index (χ0v) is 16.7. The number of nitrogens with zero attached hydrogens (tertiary/aromatic N) is 3. The molecule has 0 spiro atoms. The fourth-order valence-electron chi connectivity index (χ4n) is 4.20. The summed E-state index contributed by atoms with van der Waals surface area (Å²) >= 11 is 0. The van der Waals surface area contributed by atoms with Crippen molar-refractivity contribution in [3.8, 4) is 0 Å². The molecule has 0 bridgehead atoms. The van der Waals surface area contributed by atoms with E-state index in [0.717, 1.165) is 12.1 Å². The highest BCUT2D eigenvalue weighted by Crippen LogP contribution is 2.28. The summed E-state index contributed by atoms with van der Waals surface area (Å²) < 4.78 is 14.0. The number of rotatable bonds is 4. The Labute approximate surface area is 170 Å². The first kappa shape index (κ1) is 19.4. The topological polar surface area (TPSA) is 43.9 Å². The van der Waals surface area contributed by atoms with E-state index in [2.05, 4.69) is 6.92 Å². The van der Waals surface area contributed by atoms with Crippen LogP contribution in [0.5, 0.6) is 0 Å². The summed E-state index contributed by atoms with van der Waals surface area (Å²) in [5, 5.41) is 0. The standard InChI is InChI=1S/C23H26FN3O2/c1-2-17-6-5-7-19(14-17)27-16-18(15-22(27)28)23(29)26-12-10-25(11-13-26)21-9-4-3-8-20(21)24/h3-9,14,18H,2,10-13,15-16H2,1H3. The summed E-state index contributed by atoms with van der Waals surface area (Å²) in [5.41, 5.74) is 2.63. The number of amides is 2. The SMILES string of the molecule is CCc1cccc(N2CC(C(=O)N3CCN(c4ccccc4F)CC3)CC2=O)c1. The predicted octanol–water partition coefficient (Wildman–Crippen LogP) is 3.09. The lowest BCUT2D eigenvalue weighted by molar-refractivity contribution is -0.136. The van der Waals surface area contributed by atoms with Crippen molar-refractivity contribution < 1.29 is 14.0 Å². The van der Waals surface area contributed by atoms with Crippen LogP contribution in [0.25, 0.3) is 0 Å². The highest BCUT2D eigenvalue weighted by atomic mass is 19.1. The quantitative estimate of drug-likeness (QED) is 0.799. The average molecular weight is 395 g/mol. The van der Waals surface area contributed by atoms with Gasteiger partial charge < -0.3 is 14.7 Å². The molecule has 1 unspecified atom stereocenters. The van der Waals surface area contributed by atoms with Gasteiger partial charge in [0.25, 0.3) is 0 Å². The van der Waals surface area contributed by atoms with Crippen LogP contribution in [0, 0.1) is 11.7 Å². The Kier molecular flexibility index (Phi) is 5.51. The molecule has 0 aromatic heterocycles. The van der Waals surface area contributed by atoms with Crippen molar-refractivity contribution in [3.63, 3.8) is 0 Å². The average Bonchev–Trinajstić information content (AvgIpc) is 3.15. The van der Waals surface area contributed by atoms with E-state index in [-0.39, 0.29) is 30.0 Å². The maximum Gasteiger partial charge on any atom is 0.228 e. The Morgan fingerprint density at radius 3 is 2.55 bits per heavy atom. The van der Waals surface area contributed by atoms with Crippen LogP contribution in [0.1, 0.15) is 18.9 Å². The molecule has 2 amide bonds. The van der Waals surface area contributed by atoms with Crippen molar-refractivity contribution in [3.05, 3.63) is 59.9 Å². The fraction of sp³-hybridized carbons (Fsp3) is 0.391. The Morgan fingerprint density at radius 1 is 1.07 bits per heavy atom. The molecule has 152 valence electrons. The summed E-state index contributed by atoms with van der Waals surface area (Å²) in [7, 11) is 0. The number of piperazine rings is 1. The third kappa shape index (κ3) is 3.97. The molecule has 6 heteroatoms. The molecule has 0 radical (unpaired) electrons. The second-order valence-electron chi connectivity index (χ2n) is 7.69. The third-order valence-corrected chi connectivity index (χ3v) is 5.89. The van der Waals surface area contributed by atoms with Crippen LogP contribution in [0.2, 0.25) is 0 Å². The lowest BCUT2D eigenvalue weighted by Gasteiger charge is -2.37. The molecule has 5 nitrogen and oxygen atoms in total. The largest absolute Gasteiger partial charge is 0.366 e. The number of halogens is 1. The Morgan fingerprint density at radius 2 is 1.83 bits per heavy atom. The Hall–Kier alpha value is -2.89. The smallest absolute Gasteiger partial charge is 0.228 e. The molecule has 2 aliphatic heterocycles. The van der Waals surface area contributed by atoms with Crippen LogP contribution in [-0.4, -0.2) is 49.4 Å². The lowest BCUT2D eigenvalue weighted by Crippen LogP contribution is -2.51. The van der Waals surface area contributed by atoms with Crippen molar-refractivity contribution in [2.45, 2.75) is 19.8 Å². The van der Waals surface area contributed by atoms with E-state index >= 15 is 0 Å². The number of para-hydroxylation sites is 1. The second-order valence-corrected chi connectivity index (χ2v) is 7.69. The normalized spacial score (nSPS) is 19.7. The number of carbonyl (C=O) groups is 2. The van der Waals surface area contributed by atoms with Gasteiger partial charge in [-0.05, 0) is 36.2 Å². The van der Waals surface area contributed by atoms with Gasteiger partial charge >= 0.3 is 0 Å². The number of benzene rings is 2. The molecule has 2 aliphatic rings. The second kappa shape index (κ2) is 8.23. The minimum Gasteiger partial charge on any atom is -0.366 e. The molecular weight excluding hydrogens is 369 g/mol. The minimum atomic E-state index is -0.312. The van der Waals surface area contributed by atoms with E-state index in [1.165, 1.54) is 11.6 Å². The van der Waals surface area contributed by atoms with Crippen molar-refractivity contribution >= 4 is 23.2 Å². The monoisotopic (exact) mass is 395 g/mol. The molecule has 0 saturated carbocycles. The zero-order chi connectivity index (χ0) is 20.4. The van der Waals surface area contributed by atoms with E-state index in [4.69, 9.17) is 0 Å². The Balaban J connectivity index is 1.38. The number of carbonyl (C=O) groups excluding carboxylic acids is 2. The third-order valence-electron chi connectivity index (χ3n) is 5.89. The van der Waals surface area contributed by atoms with Crippen LogP contribution >= 0.6 is 0 Å². The van der Waals surface area contributed by atoms with E-state index in [1.54, 1.807) is 17.0 Å². The van der Waals surface area contributed by atoms with Crippen molar-refractivity contribution in [2.24, 2.45) is 5.92 Å². The first-order valence-corrected chi connectivity index (χ1v) is 10.2. The van der Waals surface area contributed by atoms with Gasteiger partial charge in [0.2, 0.25) is 11.8 Å². The summed E-state index contributed by atoms with van der Waals surface area (Å²) in [6.45, 7) is 4.79. The molecular formula is C23H26FN3O2. The Bertz CT molecular complexity index is 909. The van der Waals surface area contributed by atoms with Crippen molar-refractivity contribution in [1.82, 2.24) is 4.90 Å². The molecule has 1 atom stereocenters. The number of aryl methyl sites for hydroxylation is 1. The number of hydrogen-bond acceptors (Lipinski definition) is 3. The molecule has 0 N–H and O–H groups in total. The van der Waals surface area contributed by atoms with Gasteiger partial charge in [-0.25, -0.2) is 4.39 Å².